The normalized spacial score (nSPS) is 18.1. The van der Waals surface area contributed by atoms with Crippen LogP contribution in [-0.4, -0.2) is 8.07 Å². The molecular formula is C55H44Si. The van der Waals surface area contributed by atoms with Gasteiger partial charge in [0.1, 0.15) is 8.07 Å². The molecule has 2 aliphatic carbocycles. The van der Waals surface area contributed by atoms with E-state index in [1.165, 1.54) is 98.7 Å². The Labute approximate surface area is 331 Å². The van der Waals surface area contributed by atoms with Crippen LogP contribution in [-0.2, 0) is 5.41 Å². The summed E-state index contributed by atoms with van der Waals surface area (Å²) in [6.45, 7) is 9.94. The highest BCUT2D eigenvalue weighted by Gasteiger charge is 2.44. The molecule has 2 unspecified atom stereocenters. The fraction of sp³-hybridized carbons (Fsp3) is 0.127. The minimum absolute atomic E-state index is 0.0580. The summed E-state index contributed by atoms with van der Waals surface area (Å²) in [4.78, 5) is 0. The van der Waals surface area contributed by atoms with Gasteiger partial charge in [0.25, 0.3) is 0 Å². The zero-order valence-electron chi connectivity index (χ0n) is 32.5. The molecule has 0 N–H and O–H groups in total. The van der Waals surface area contributed by atoms with Crippen molar-refractivity contribution in [3.8, 4) is 55.6 Å². The maximum absolute atomic E-state index is 2.61. The lowest BCUT2D eigenvalue weighted by atomic mass is 9.74. The van der Waals surface area contributed by atoms with Crippen LogP contribution in [0.5, 0.6) is 0 Å². The first-order valence-electron chi connectivity index (χ1n) is 20.2. The van der Waals surface area contributed by atoms with E-state index in [1.54, 1.807) is 0 Å². The molecule has 8 aromatic rings. The predicted octanol–water partition coefficient (Wildman–Crippen LogP) is 13.6. The van der Waals surface area contributed by atoms with E-state index < -0.39 is 8.07 Å². The molecule has 11 rings (SSSR count). The van der Waals surface area contributed by atoms with Crippen LogP contribution in [0.2, 0.25) is 13.1 Å². The zero-order valence-corrected chi connectivity index (χ0v) is 33.5. The van der Waals surface area contributed by atoms with Crippen molar-refractivity contribution < 1.29 is 0 Å². The quantitative estimate of drug-likeness (QED) is 0.125. The van der Waals surface area contributed by atoms with Gasteiger partial charge in [0, 0.05) is 5.92 Å². The minimum Gasteiger partial charge on any atom is -0.0796 e. The standard InChI is InChI=1S/C55H44Si/c1-55(2)49-25-15-13-22-40(49)41-29-27-38(32-50(41)55)37-28-30-44-46(31-37)53(36-19-9-6-10-20-36)48-34-52-45(42-23-14-16-26-51(42)56(52,3)4)33-47(48)54(44)43-24-12-11-21-39(43)35-17-7-5-8-18-35/h5-34,40,49H,1-4H3. The van der Waals surface area contributed by atoms with Crippen LogP contribution in [0.15, 0.2) is 182 Å². The number of allylic oxidation sites excluding steroid dienone is 4. The SMILES string of the molecule is CC1(C)c2cc(-c3ccc4c(-c5ccccc5-c5ccccc5)c5cc6c(cc5c(-c5ccccc5)c4c3)[Si](C)(C)c3ccccc3-6)ccc2C2C=CC=CC21. The summed E-state index contributed by atoms with van der Waals surface area (Å²) >= 11 is 0. The average molecular weight is 733 g/mol. The van der Waals surface area contributed by atoms with Crippen molar-refractivity contribution in [2.45, 2.75) is 38.3 Å². The number of hydrogen-bond acceptors (Lipinski definition) is 0. The molecule has 0 saturated heterocycles. The van der Waals surface area contributed by atoms with Crippen LogP contribution in [0, 0.1) is 5.92 Å². The predicted molar refractivity (Wildman–Crippen MR) is 243 cm³/mol. The van der Waals surface area contributed by atoms with Gasteiger partial charge in [-0.2, -0.15) is 0 Å². The summed E-state index contributed by atoms with van der Waals surface area (Å²) in [7, 11) is -1.96. The molecule has 0 radical (unpaired) electrons. The maximum atomic E-state index is 2.61. The third-order valence-electron chi connectivity index (χ3n) is 13.6. The lowest BCUT2D eigenvalue weighted by Gasteiger charge is -2.29. The Morgan fingerprint density at radius 2 is 1.04 bits per heavy atom. The lowest BCUT2D eigenvalue weighted by Crippen LogP contribution is -2.49. The van der Waals surface area contributed by atoms with Crippen LogP contribution in [0.25, 0.3) is 77.2 Å². The molecule has 2 atom stereocenters. The topological polar surface area (TPSA) is 0 Å². The second-order valence-corrected chi connectivity index (χ2v) is 21.6. The van der Waals surface area contributed by atoms with Gasteiger partial charge >= 0.3 is 0 Å². The molecule has 0 nitrogen and oxygen atoms in total. The molecule has 1 aliphatic heterocycles. The first-order valence-corrected chi connectivity index (χ1v) is 23.2. The molecule has 0 bridgehead atoms. The lowest BCUT2D eigenvalue weighted by molar-refractivity contribution is 0.394. The summed E-state index contributed by atoms with van der Waals surface area (Å²) in [5.74, 6) is 0.929. The van der Waals surface area contributed by atoms with E-state index in [-0.39, 0.29) is 5.41 Å². The van der Waals surface area contributed by atoms with E-state index in [9.17, 15) is 0 Å². The Morgan fingerprint density at radius 3 is 1.82 bits per heavy atom. The fourth-order valence-corrected chi connectivity index (χ4v) is 13.8. The molecule has 1 heteroatoms. The molecule has 0 fully saturated rings. The molecule has 0 spiro atoms. The molecule has 0 aromatic heterocycles. The van der Waals surface area contributed by atoms with Gasteiger partial charge in [0.15, 0.2) is 0 Å². The molecule has 8 aromatic carbocycles. The van der Waals surface area contributed by atoms with Crippen molar-refractivity contribution in [1.82, 2.24) is 0 Å². The Hall–Kier alpha value is -6.02. The van der Waals surface area contributed by atoms with E-state index in [0.29, 0.717) is 11.8 Å². The molecule has 1 heterocycles. The summed E-state index contributed by atoms with van der Waals surface area (Å²) in [6, 6.07) is 60.1. The van der Waals surface area contributed by atoms with Gasteiger partial charge in [-0.3, -0.25) is 0 Å². The van der Waals surface area contributed by atoms with Crippen molar-refractivity contribution in [1.29, 1.82) is 0 Å². The van der Waals surface area contributed by atoms with Gasteiger partial charge < -0.3 is 0 Å². The average Bonchev–Trinajstić information content (AvgIpc) is 3.61. The van der Waals surface area contributed by atoms with Crippen molar-refractivity contribution in [3.63, 3.8) is 0 Å². The summed E-state index contributed by atoms with van der Waals surface area (Å²) in [5.41, 5.74) is 16.0. The number of benzene rings is 8. The summed E-state index contributed by atoms with van der Waals surface area (Å²) in [5, 5.41) is 8.31. The van der Waals surface area contributed by atoms with Crippen molar-refractivity contribution >= 4 is 40.0 Å². The summed E-state index contributed by atoms with van der Waals surface area (Å²) < 4.78 is 0. The first-order chi connectivity index (χ1) is 27.3. The van der Waals surface area contributed by atoms with Crippen LogP contribution in [0.1, 0.15) is 30.9 Å². The largest absolute Gasteiger partial charge is 0.113 e. The fourth-order valence-electron chi connectivity index (χ4n) is 10.7. The highest BCUT2D eigenvalue weighted by atomic mass is 28.3. The Kier molecular flexibility index (Phi) is 7.28. The van der Waals surface area contributed by atoms with Gasteiger partial charge in [-0.05, 0) is 122 Å². The Morgan fingerprint density at radius 1 is 0.429 bits per heavy atom. The molecule has 268 valence electrons. The van der Waals surface area contributed by atoms with Crippen LogP contribution >= 0.6 is 0 Å². The number of rotatable bonds is 4. The van der Waals surface area contributed by atoms with E-state index >= 15 is 0 Å². The van der Waals surface area contributed by atoms with Gasteiger partial charge in [0.05, 0.1) is 0 Å². The molecule has 56 heavy (non-hydrogen) atoms. The number of hydrogen-bond donors (Lipinski definition) is 0. The second-order valence-electron chi connectivity index (χ2n) is 17.2. The molecule has 0 amide bonds. The monoisotopic (exact) mass is 732 g/mol. The van der Waals surface area contributed by atoms with Gasteiger partial charge in [-0.15, -0.1) is 0 Å². The number of fused-ring (bicyclic) bond motifs is 8. The second kappa shape index (κ2) is 12.2. The van der Waals surface area contributed by atoms with Crippen LogP contribution in [0.3, 0.4) is 0 Å². The van der Waals surface area contributed by atoms with Gasteiger partial charge in [-0.1, -0.05) is 197 Å². The smallest absolute Gasteiger partial charge is 0.0796 e. The van der Waals surface area contributed by atoms with Crippen molar-refractivity contribution in [2.24, 2.45) is 5.92 Å². The highest BCUT2D eigenvalue weighted by Crippen LogP contribution is 2.54. The van der Waals surface area contributed by atoms with E-state index in [0.717, 1.165) is 0 Å². The Balaban J connectivity index is 1.25. The first kappa shape index (κ1) is 33.3. The third kappa shape index (κ3) is 4.77. The third-order valence-corrected chi connectivity index (χ3v) is 17.1. The van der Waals surface area contributed by atoms with E-state index in [4.69, 9.17) is 0 Å². The van der Waals surface area contributed by atoms with E-state index in [1.807, 2.05) is 0 Å². The molecular weight excluding hydrogens is 689 g/mol. The molecule has 3 aliphatic rings. The maximum Gasteiger partial charge on any atom is 0.113 e. The van der Waals surface area contributed by atoms with Crippen LogP contribution in [0.4, 0.5) is 0 Å². The Bertz CT molecular complexity index is 2960. The van der Waals surface area contributed by atoms with Crippen molar-refractivity contribution in [3.05, 3.63) is 193 Å². The van der Waals surface area contributed by atoms with Crippen LogP contribution < -0.4 is 10.4 Å². The van der Waals surface area contributed by atoms with Gasteiger partial charge in [0.2, 0.25) is 0 Å². The molecule has 0 saturated carbocycles. The zero-order chi connectivity index (χ0) is 37.8. The van der Waals surface area contributed by atoms with Crippen molar-refractivity contribution in [2.75, 3.05) is 0 Å². The van der Waals surface area contributed by atoms with Gasteiger partial charge in [-0.25, -0.2) is 0 Å². The summed E-state index contributed by atoms with van der Waals surface area (Å²) in [6.07, 6.45) is 9.29. The minimum atomic E-state index is -1.96. The highest BCUT2D eigenvalue weighted by molar-refractivity contribution is 7.04. The van der Waals surface area contributed by atoms with E-state index in [2.05, 4.69) is 209 Å².